The Balaban J connectivity index is 1.75. The molecule has 1 aliphatic rings. The Kier molecular flexibility index (Phi) is 4.89. The van der Waals surface area contributed by atoms with Crippen LogP contribution in [0.4, 0.5) is 10.1 Å². The van der Waals surface area contributed by atoms with Crippen molar-refractivity contribution >= 4 is 23.5 Å². The van der Waals surface area contributed by atoms with Gasteiger partial charge in [0.2, 0.25) is 0 Å². The van der Waals surface area contributed by atoms with Gasteiger partial charge < -0.3 is 0 Å². The summed E-state index contributed by atoms with van der Waals surface area (Å²) in [5.41, 5.74) is 2.96. The van der Waals surface area contributed by atoms with Crippen LogP contribution in [-0.4, -0.2) is 6.21 Å². The van der Waals surface area contributed by atoms with Gasteiger partial charge in [-0.1, -0.05) is 43.0 Å². The zero-order valence-corrected chi connectivity index (χ0v) is 13.2. The van der Waals surface area contributed by atoms with Crippen LogP contribution < -0.4 is 0 Å². The van der Waals surface area contributed by atoms with Crippen LogP contribution in [0.3, 0.4) is 0 Å². The van der Waals surface area contributed by atoms with Gasteiger partial charge in [-0.2, -0.15) is 0 Å². The van der Waals surface area contributed by atoms with Gasteiger partial charge in [0.1, 0.15) is 5.82 Å². The van der Waals surface area contributed by atoms with Crippen molar-refractivity contribution < 1.29 is 4.39 Å². The molecule has 0 spiro atoms. The molecule has 3 heteroatoms. The lowest BCUT2D eigenvalue weighted by atomic mass is 9.84. The molecule has 22 heavy (non-hydrogen) atoms. The van der Waals surface area contributed by atoms with E-state index in [2.05, 4.69) is 17.1 Å². The van der Waals surface area contributed by atoms with Crippen molar-refractivity contribution in [1.29, 1.82) is 0 Å². The van der Waals surface area contributed by atoms with Gasteiger partial charge in [-0.05, 0) is 60.2 Å². The lowest BCUT2D eigenvalue weighted by molar-refractivity contribution is 0.444. The second-order valence-corrected chi connectivity index (χ2v) is 6.26. The van der Waals surface area contributed by atoms with Gasteiger partial charge in [0.15, 0.2) is 0 Å². The molecule has 0 heterocycles. The molecule has 0 unspecified atom stereocenters. The maximum atomic E-state index is 12.9. The standard InChI is InChI=1S/C19H19ClFN/c20-19-12-14(13-22-17-9-7-16(21)8-10-17)6-11-18(19)15-4-2-1-3-5-15/h6-13,15H,1-5H2. The number of hydrogen-bond acceptors (Lipinski definition) is 1. The maximum Gasteiger partial charge on any atom is 0.123 e. The predicted octanol–water partition coefficient (Wildman–Crippen LogP) is 6.28. The van der Waals surface area contributed by atoms with E-state index in [0.717, 1.165) is 16.3 Å². The minimum Gasteiger partial charge on any atom is -0.256 e. The molecule has 114 valence electrons. The number of benzene rings is 2. The Hall–Kier alpha value is -1.67. The van der Waals surface area contributed by atoms with E-state index in [-0.39, 0.29) is 5.82 Å². The van der Waals surface area contributed by atoms with Crippen molar-refractivity contribution in [2.24, 2.45) is 4.99 Å². The topological polar surface area (TPSA) is 12.4 Å². The Labute approximate surface area is 135 Å². The monoisotopic (exact) mass is 315 g/mol. The van der Waals surface area contributed by atoms with Crippen LogP contribution in [0.25, 0.3) is 0 Å². The number of nitrogens with zero attached hydrogens (tertiary/aromatic N) is 1. The van der Waals surface area contributed by atoms with Crippen molar-refractivity contribution in [3.63, 3.8) is 0 Å². The van der Waals surface area contributed by atoms with E-state index < -0.39 is 0 Å². The van der Waals surface area contributed by atoms with Crippen LogP contribution >= 0.6 is 11.6 Å². The normalized spacial score (nSPS) is 16.3. The van der Waals surface area contributed by atoms with Crippen LogP contribution in [0.1, 0.15) is 49.1 Å². The maximum absolute atomic E-state index is 12.9. The highest BCUT2D eigenvalue weighted by atomic mass is 35.5. The zero-order chi connectivity index (χ0) is 15.4. The molecule has 2 aromatic carbocycles. The SMILES string of the molecule is Fc1ccc(N=Cc2ccc(C3CCCCC3)c(Cl)c2)cc1. The molecule has 1 aliphatic carbocycles. The van der Waals surface area contributed by atoms with Crippen LogP contribution in [0.5, 0.6) is 0 Å². The van der Waals surface area contributed by atoms with E-state index >= 15 is 0 Å². The van der Waals surface area contributed by atoms with Crippen LogP contribution in [0, 0.1) is 5.82 Å². The molecular weight excluding hydrogens is 297 g/mol. The molecule has 0 amide bonds. The average molecular weight is 316 g/mol. The van der Waals surface area contributed by atoms with Gasteiger partial charge in [-0.25, -0.2) is 4.39 Å². The molecule has 3 rings (SSSR count). The van der Waals surface area contributed by atoms with Gasteiger partial charge in [0.25, 0.3) is 0 Å². The fraction of sp³-hybridized carbons (Fsp3) is 0.316. The molecule has 1 nitrogen and oxygen atoms in total. The molecule has 1 fully saturated rings. The first kappa shape index (κ1) is 15.2. The summed E-state index contributed by atoms with van der Waals surface area (Å²) in [5.74, 6) is 0.350. The highest BCUT2D eigenvalue weighted by molar-refractivity contribution is 6.31. The lowest BCUT2D eigenvalue weighted by Gasteiger charge is -2.23. The Morgan fingerprint density at radius 3 is 2.41 bits per heavy atom. The van der Waals surface area contributed by atoms with E-state index in [9.17, 15) is 4.39 Å². The minimum atomic E-state index is -0.251. The van der Waals surface area contributed by atoms with Crippen molar-refractivity contribution in [1.82, 2.24) is 0 Å². The molecule has 0 atom stereocenters. The number of hydrogen-bond donors (Lipinski definition) is 0. The molecule has 0 aliphatic heterocycles. The van der Waals surface area contributed by atoms with Crippen molar-refractivity contribution in [2.75, 3.05) is 0 Å². The predicted molar refractivity (Wildman–Crippen MR) is 90.9 cm³/mol. The summed E-state index contributed by atoms with van der Waals surface area (Å²) in [7, 11) is 0. The molecule has 1 saturated carbocycles. The third-order valence-electron chi connectivity index (χ3n) is 4.26. The highest BCUT2D eigenvalue weighted by Gasteiger charge is 2.17. The van der Waals surface area contributed by atoms with Crippen molar-refractivity contribution in [2.45, 2.75) is 38.0 Å². The van der Waals surface area contributed by atoms with Crippen molar-refractivity contribution in [3.05, 3.63) is 64.4 Å². The van der Waals surface area contributed by atoms with E-state index in [0.29, 0.717) is 5.92 Å². The number of halogens is 2. The van der Waals surface area contributed by atoms with Crippen LogP contribution in [-0.2, 0) is 0 Å². The molecule has 0 saturated heterocycles. The largest absolute Gasteiger partial charge is 0.256 e. The molecule has 0 N–H and O–H groups in total. The summed E-state index contributed by atoms with van der Waals surface area (Å²) >= 11 is 6.45. The van der Waals surface area contributed by atoms with E-state index in [4.69, 9.17) is 11.6 Å². The fourth-order valence-corrected chi connectivity index (χ4v) is 3.39. The molecular formula is C19H19ClFN. The summed E-state index contributed by atoms with van der Waals surface area (Å²) in [6.07, 6.45) is 8.19. The quantitative estimate of drug-likeness (QED) is 0.591. The number of rotatable bonds is 3. The minimum absolute atomic E-state index is 0.251. The molecule has 0 radical (unpaired) electrons. The van der Waals surface area contributed by atoms with E-state index in [1.165, 1.54) is 49.8 Å². The van der Waals surface area contributed by atoms with Crippen LogP contribution in [0.2, 0.25) is 5.02 Å². The van der Waals surface area contributed by atoms with Crippen LogP contribution in [0.15, 0.2) is 47.5 Å². The van der Waals surface area contributed by atoms with Gasteiger partial charge in [-0.15, -0.1) is 0 Å². The average Bonchev–Trinajstić information content (AvgIpc) is 2.55. The summed E-state index contributed by atoms with van der Waals surface area (Å²) in [4.78, 5) is 4.35. The van der Waals surface area contributed by atoms with Gasteiger partial charge >= 0.3 is 0 Å². The Bertz CT molecular complexity index is 658. The van der Waals surface area contributed by atoms with E-state index in [1.807, 2.05) is 6.07 Å². The highest BCUT2D eigenvalue weighted by Crippen LogP contribution is 2.36. The summed E-state index contributed by atoms with van der Waals surface area (Å²) in [5, 5.41) is 0.829. The first-order valence-electron chi connectivity index (χ1n) is 7.81. The second-order valence-electron chi connectivity index (χ2n) is 5.85. The number of aliphatic imine (C=N–C) groups is 1. The third-order valence-corrected chi connectivity index (χ3v) is 4.59. The van der Waals surface area contributed by atoms with Gasteiger partial charge in [0, 0.05) is 11.2 Å². The van der Waals surface area contributed by atoms with E-state index in [1.54, 1.807) is 18.3 Å². The van der Waals surface area contributed by atoms with Crippen molar-refractivity contribution in [3.8, 4) is 0 Å². The first-order valence-corrected chi connectivity index (χ1v) is 8.19. The smallest absolute Gasteiger partial charge is 0.123 e. The fourth-order valence-electron chi connectivity index (χ4n) is 3.04. The Morgan fingerprint density at radius 1 is 1.00 bits per heavy atom. The molecule has 0 aromatic heterocycles. The molecule has 2 aromatic rings. The molecule has 0 bridgehead atoms. The zero-order valence-electron chi connectivity index (χ0n) is 12.4. The first-order chi connectivity index (χ1) is 10.7. The third kappa shape index (κ3) is 3.75. The van der Waals surface area contributed by atoms with Gasteiger partial charge in [-0.3, -0.25) is 4.99 Å². The summed E-state index contributed by atoms with van der Waals surface area (Å²) in [6, 6.07) is 12.3. The lowest BCUT2D eigenvalue weighted by Crippen LogP contribution is -2.05. The second kappa shape index (κ2) is 7.06. The summed E-state index contributed by atoms with van der Waals surface area (Å²) in [6.45, 7) is 0. The van der Waals surface area contributed by atoms with Gasteiger partial charge in [0.05, 0.1) is 5.69 Å². The summed E-state index contributed by atoms with van der Waals surface area (Å²) < 4.78 is 12.9. The Morgan fingerprint density at radius 2 is 1.73 bits per heavy atom.